The first kappa shape index (κ1) is 10.9. The Kier molecular flexibility index (Phi) is 3.23. The van der Waals surface area contributed by atoms with E-state index in [-0.39, 0.29) is 0 Å². The van der Waals surface area contributed by atoms with E-state index in [2.05, 4.69) is 29.3 Å². The van der Waals surface area contributed by atoms with Crippen LogP contribution in [0.1, 0.15) is 24.6 Å². The zero-order valence-electron chi connectivity index (χ0n) is 9.23. The van der Waals surface area contributed by atoms with Gasteiger partial charge in [0.15, 0.2) is 5.13 Å². The molecule has 0 bridgehead atoms. The van der Waals surface area contributed by atoms with Crippen molar-refractivity contribution >= 4 is 16.5 Å². The summed E-state index contributed by atoms with van der Waals surface area (Å²) < 4.78 is 0. The molecule has 1 fully saturated rings. The SMILES string of the molecule is CC(C1CC1)N(C)Cc1cnc(NN)s1. The third-order valence-corrected chi connectivity index (χ3v) is 4.00. The van der Waals surface area contributed by atoms with Gasteiger partial charge >= 0.3 is 0 Å². The summed E-state index contributed by atoms with van der Waals surface area (Å²) in [5.74, 6) is 6.21. The molecule has 1 atom stereocenters. The molecule has 15 heavy (non-hydrogen) atoms. The number of nitrogens with one attached hydrogen (secondary N) is 1. The second kappa shape index (κ2) is 4.47. The Balaban J connectivity index is 1.89. The summed E-state index contributed by atoms with van der Waals surface area (Å²) in [6, 6.07) is 0.682. The summed E-state index contributed by atoms with van der Waals surface area (Å²) in [4.78, 5) is 7.82. The Morgan fingerprint density at radius 1 is 1.73 bits per heavy atom. The molecule has 0 aliphatic heterocycles. The summed E-state index contributed by atoms with van der Waals surface area (Å²) in [6.07, 6.45) is 4.68. The smallest absolute Gasteiger partial charge is 0.197 e. The third kappa shape index (κ3) is 2.68. The van der Waals surface area contributed by atoms with Gasteiger partial charge in [-0.05, 0) is 32.7 Å². The van der Waals surface area contributed by atoms with Gasteiger partial charge < -0.3 is 0 Å². The number of aromatic nitrogens is 1. The van der Waals surface area contributed by atoms with Crippen LogP contribution in [0.2, 0.25) is 0 Å². The van der Waals surface area contributed by atoms with Crippen molar-refractivity contribution in [3.63, 3.8) is 0 Å². The average molecular weight is 226 g/mol. The summed E-state index contributed by atoms with van der Waals surface area (Å²) in [5, 5.41) is 0.789. The van der Waals surface area contributed by atoms with Crippen LogP contribution in [0, 0.1) is 5.92 Å². The molecule has 5 heteroatoms. The molecule has 0 amide bonds. The van der Waals surface area contributed by atoms with Gasteiger partial charge in [0.25, 0.3) is 0 Å². The second-order valence-electron chi connectivity index (χ2n) is 4.27. The first-order valence-electron chi connectivity index (χ1n) is 5.32. The predicted octanol–water partition coefficient (Wildman–Crippen LogP) is 1.66. The fourth-order valence-electron chi connectivity index (χ4n) is 1.78. The molecule has 1 aromatic rings. The minimum atomic E-state index is 0.682. The lowest BCUT2D eigenvalue weighted by atomic mass is 10.2. The van der Waals surface area contributed by atoms with Crippen molar-refractivity contribution in [3.05, 3.63) is 11.1 Å². The molecule has 0 saturated heterocycles. The fraction of sp³-hybridized carbons (Fsp3) is 0.700. The van der Waals surface area contributed by atoms with Crippen molar-refractivity contribution in [1.82, 2.24) is 9.88 Å². The number of nitrogen functional groups attached to an aromatic ring is 1. The Labute approximate surface area is 94.5 Å². The summed E-state index contributed by atoms with van der Waals surface area (Å²) in [7, 11) is 2.18. The van der Waals surface area contributed by atoms with E-state index in [9.17, 15) is 0 Å². The molecule has 0 aromatic carbocycles. The minimum Gasteiger partial charge on any atom is -0.300 e. The lowest BCUT2D eigenvalue weighted by molar-refractivity contribution is 0.228. The molecule has 0 spiro atoms. The van der Waals surface area contributed by atoms with E-state index < -0.39 is 0 Å². The maximum absolute atomic E-state index is 5.30. The highest BCUT2D eigenvalue weighted by Crippen LogP contribution is 2.35. The Morgan fingerprint density at radius 3 is 3.00 bits per heavy atom. The molecule has 2 rings (SSSR count). The Hall–Kier alpha value is -0.650. The topological polar surface area (TPSA) is 54.2 Å². The van der Waals surface area contributed by atoms with E-state index in [1.54, 1.807) is 11.3 Å². The monoisotopic (exact) mass is 226 g/mol. The first-order valence-corrected chi connectivity index (χ1v) is 6.14. The maximum Gasteiger partial charge on any atom is 0.197 e. The van der Waals surface area contributed by atoms with Crippen LogP contribution in [0.15, 0.2) is 6.20 Å². The molecule has 3 N–H and O–H groups in total. The molecule has 1 heterocycles. The van der Waals surface area contributed by atoms with E-state index in [4.69, 9.17) is 5.84 Å². The highest BCUT2D eigenvalue weighted by Gasteiger charge is 2.30. The zero-order chi connectivity index (χ0) is 10.8. The van der Waals surface area contributed by atoms with E-state index in [1.807, 2.05) is 6.20 Å². The van der Waals surface area contributed by atoms with Crippen LogP contribution in [0.25, 0.3) is 0 Å². The first-order chi connectivity index (χ1) is 7.20. The largest absolute Gasteiger partial charge is 0.300 e. The van der Waals surface area contributed by atoms with Crippen LogP contribution < -0.4 is 11.3 Å². The number of hydrogen-bond donors (Lipinski definition) is 2. The van der Waals surface area contributed by atoms with E-state index >= 15 is 0 Å². The Bertz CT molecular complexity index is 321. The van der Waals surface area contributed by atoms with Gasteiger partial charge in [-0.1, -0.05) is 11.3 Å². The standard InChI is InChI=1S/C10H18N4S/c1-7(8-3-4-8)14(2)6-9-5-12-10(13-11)15-9/h5,7-8H,3-4,6,11H2,1-2H3,(H,12,13). The summed E-state index contributed by atoms with van der Waals surface area (Å²) >= 11 is 1.62. The molecule has 1 unspecified atom stereocenters. The molecule has 1 saturated carbocycles. The molecule has 1 aromatic heterocycles. The molecular formula is C10H18N4S. The fourth-order valence-corrected chi connectivity index (χ4v) is 2.56. The van der Waals surface area contributed by atoms with Crippen molar-refractivity contribution in [2.45, 2.75) is 32.4 Å². The van der Waals surface area contributed by atoms with Gasteiger partial charge in [0.05, 0.1) is 0 Å². The number of nitrogens with zero attached hydrogens (tertiary/aromatic N) is 2. The van der Waals surface area contributed by atoms with E-state index in [0.717, 1.165) is 17.6 Å². The zero-order valence-corrected chi connectivity index (χ0v) is 10.0. The van der Waals surface area contributed by atoms with Crippen molar-refractivity contribution in [1.29, 1.82) is 0 Å². The predicted molar refractivity (Wildman–Crippen MR) is 63.6 cm³/mol. The number of nitrogens with two attached hydrogens (primary N) is 1. The number of hydrazine groups is 1. The molecule has 84 valence electrons. The number of anilines is 1. The van der Waals surface area contributed by atoms with Gasteiger partial charge in [-0.2, -0.15) is 0 Å². The van der Waals surface area contributed by atoms with Gasteiger partial charge in [0, 0.05) is 23.7 Å². The summed E-state index contributed by atoms with van der Waals surface area (Å²) in [5.41, 5.74) is 2.57. The van der Waals surface area contributed by atoms with Crippen LogP contribution >= 0.6 is 11.3 Å². The third-order valence-electron chi connectivity index (χ3n) is 3.08. The second-order valence-corrected chi connectivity index (χ2v) is 5.38. The summed E-state index contributed by atoms with van der Waals surface area (Å²) in [6.45, 7) is 3.28. The molecule has 1 aliphatic rings. The van der Waals surface area contributed by atoms with Crippen molar-refractivity contribution in [2.24, 2.45) is 11.8 Å². The van der Waals surface area contributed by atoms with E-state index in [0.29, 0.717) is 6.04 Å². The molecule has 1 aliphatic carbocycles. The molecule has 4 nitrogen and oxygen atoms in total. The number of rotatable bonds is 5. The van der Waals surface area contributed by atoms with Crippen molar-refractivity contribution in [2.75, 3.05) is 12.5 Å². The van der Waals surface area contributed by atoms with Crippen molar-refractivity contribution in [3.8, 4) is 0 Å². The minimum absolute atomic E-state index is 0.682. The van der Waals surface area contributed by atoms with Gasteiger partial charge in [-0.25, -0.2) is 10.8 Å². The van der Waals surface area contributed by atoms with Gasteiger partial charge in [-0.3, -0.25) is 10.3 Å². The van der Waals surface area contributed by atoms with Crippen LogP contribution in [0.4, 0.5) is 5.13 Å². The van der Waals surface area contributed by atoms with Gasteiger partial charge in [0.1, 0.15) is 0 Å². The van der Waals surface area contributed by atoms with Crippen LogP contribution in [0.5, 0.6) is 0 Å². The quantitative estimate of drug-likeness (QED) is 0.592. The molecular weight excluding hydrogens is 208 g/mol. The van der Waals surface area contributed by atoms with Crippen LogP contribution in [-0.4, -0.2) is 23.0 Å². The van der Waals surface area contributed by atoms with Gasteiger partial charge in [0.2, 0.25) is 0 Å². The Morgan fingerprint density at radius 2 is 2.47 bits per heavy atom. The maximum atomic E-state index is 5.30. The number of hydrogen-bond acceptors (Lipinski definition) is 5. The lowest BCUT2D eigenvalue weighted by Gasteiger charge is -2.23. The highest BCUT2D eigenvalue weighted by molar-refractivity contribution is 7.15. The highest BCUT2D eigenvalue weighted by atomic mass is 32.1. The number of thiazole rings is 1. The van der Waals surface area contributed by atoms with E-state index in [1.165, 1.54) is 17.7 Å². The normalized spacial score (nSPS) is 18.1. The average Bonchev–Trinajstić information content (AvgIpc) is 2.98. The van der Waals surface area contributed by atoms with Crippen LogP contribution in [-0.2, 0) is 6.54 Å². The molecule has 0 radical (unpaired) electrons. The van der Waals surface area contributed by atoms with Crippen LogP contribution in [0.3, 0.4) is 0 Å². The van der Waals surface area contributed by atoms with Crippen molar-refractivity contribution < 1.29 is 0 Å². The lowest BCUT2D eigenvalue weighted by Crippen LogP contribution is -2.29. The van der Waals surface area contributed by atoms with Gasteiger partial charge in [-0.15, -0.1) is 0 Å².